The van der Waals surface area contributed by atoms with Gasteiger partial charge < -0.3 is 9.29 Å². The van der Waals surface area contributed by atoms with E-state index in [-0.39, 0.29) is 23.4 Å². The maximum absolute atomic E-state index is 12.1. The summed E-state index contributed by atoms with van der Waals surface area (Å²) < 4.78 is 55.2. The molecule has 0 aliphatic heterocycles. The zero-order valence-electron chi connectivity index (χ0n) is 13.3. The molecule has 0 bridgehead atoms. The Labute approximate surface area is 142 Å². The maximum atomic E-state index is 12.1. The first-order valence-electron chi connectivity index (χ1n) is 6.87. The van der Waals surface area contributed by atoms with Crippen molar-refractivity contribution in [2.75, 3.05) is 6.61 Å². The lowest BCUT2D eigenvalue weighted by atomic mass is 10.1. The van der Waals surface area contributed by atoms with E-state index in [0.29, 0.717) is 5.56 Å². The van der Waals surface area contributed by atoms with Crippen molar-refractivity contribution in [2.45, 2.75) is 51.3 Å². The van der Waals surface area contributed by atoms with Crippen LogP contribution in [0.15, 0.2) is 12.3 Å². The topological polar surface area (TPSA) is 57.2 Å². The summed E-state index contributed by atoms with van der Waals surface area (Å²) in [7, 11) is 0. The van der Waals surface area contributed by atoms with Crippen molar-refractivity contribution in [3.8, 4) is 0 Å². The predicted octanol–water partition coefficient (Wildman–Crippen LogP) is 3.93. The lowest BCUT2D eigenvalue weighted by Gasteiger charge is -2.26. The predicted molar refractivity (Wildman–Crippen MR) is 84.4 cm³/mol. The Balaban J connectivity index is 2.68. The molecule has 0 aromatic carbocycles. The van der Waals surface area contributed by atoms with Crippen LogP contribution in [0.1, 0.15) is 45.0 Å². The van der Waals surface area contributed by atoms with Gasteiger partial charge in [-0.3, -0.25) is 4.98 Å². The number of nitrogens with zero attached hydrogens (tertiary/aromatic N) is 1. The van der Waals surface area contributed by atoms with E-state index in [1.54, 1.807) is 13.0 Å². The molecule has 1 heterocycles. The van der Waals surface area contributed by atoms with Crippen molar-refractivity contribution in [2.24, 2.45) is 0 Å². The van der Waals surface area contributed by atoms with E-state index < -0.39 is 28.9 Å². The van der Waals surface area contributed by atoms with Gasteiger partial charge in [0.15, 0.2) is 0 Å². The second-order valence-electron chi connectivity index (χ2n) is 6.03. The monoisotopic (exact) mass is 372 g/mol. The van der Waals surface area contributed by atoms with Crippen molar-refractivity contribution in [3.63, 3.8) is 0 Å². The molecule has 0 aliphatic carbocycles. The number of rotatable bonds is 6. The summed E-state index contributed by atoms with van der Waals surface area (Å²) in [6, 6.07) is 1.31. The van der Waals surface area contributed by atoms with Crippen LogP contribution < -0.4 is 4.72 Å². The molecule has 1 rings (SSSR count). The Morgan fingerprint density at radius 3 is 2.48 bits per heavy atom. The maximum Gasteiger partial charge on any atom is 0.411 e. The van der Waals surface area contributed by atoms with Gasteiger partial charge in [-0.05, 0) is 39.3 Å². The summed E-state index contributed by atoms with van der Waals surface area (Å²) in [6.07, 6.45) is -2.91. The Kier molecular flexibility index (Phi) is 7.15. The summed E-state index contributed by atoms with van der Waals surface area (Å²) in [5.74, 6) is 0. The highest BCUT2D eigenvalue weighted by molar-refractivity contribution is 7.90. The summed E-state index contributed by atoms with van der Waals surface area (Å²) in [4.78, 5) is 4.03. The van der Waals surface area contributed by atoms with Gasteiger partial charge >= 0.3 is 6.18 Å². The molecule has 132 valence electrons. The largest absolute Gasteiger partial charge is 0.598 e. The van der Waals surface area contributed by atoms with Gasteiger partial charge in [0, 0.05) is 17.6 Å². The Bertz CT molecular complexity index is 524. The van der Waals surface area contributed by atoms with Crippen LogP contribution in [0.2, 0.25) is 5.02 Å². The highest BCUT2D eigenvalue weighted by Crippen LogP contribution is 2.24. The quantitative estimate of drug-likeness (QED) is 0.769. The van der Waals surface area contributed by atoms with Gasteiger partial charge in [-0.1, -0.05) is 11.6 Å². The van der Waals surface area contributed by atoms with Crippen molar-refractivity contribution in [3.05, 3.63) is 28.5 Å². The van der Waals surface area contributed by atoms with Crippen LogP contribution in [0.4, 0.5) is 13.2 Å². The first-order chi connectivity index (χ1) is 10.4. The zero-order valence-corrected chi connectivity index (χ0v) is 14.9. The van der Waals surface area contributed by atoms with E-state index in [2.05, 4.69) is 14.4 Å². The molecule has 0 radical (unpaired) electrons. The molecule has 1 aromatic heterocycles. The summed E-state index contributed by atoms with van der Waals surface area (Å²) in [6.45, 7) is 5.65. The Morgan fingerprint density at radius 1 is 1.39 bits per heavy atom. The molecule has 0 spiro atoms. The summed E-state index contributed by atoms with van der Waals surface area (Å²) in [5.41, 5.74) is 0.913. The molecule has 2 atom stereocenters. The third kappa shape index (κ3) is 7.26. The second kappa shape index (κ2) is 8.02. The van der Waals surface area contributed by atoms with E-state index in [4.69, 9.17) is 11.6 Å². The summed E-state index contributed by atoms with van der Waals surface area (Å²) >= 11 is 4.76. The normalized spacial score (nSPS) is 15.5. The van der Waals surface area contributed by atoms with E-state index >= 15 is 0 Å². The van der Waals surface area contributed by atoms with Crippen LogP contribution in [0.25, 0.3) is 0 Å². The molecule has 0 fully saturated rings. The van der Waals surface area contributed by atoms with Gasteiger partial charge in [0.2, 0.25) is 0 Å². The fourth-order valence-electron chi connectivity index (χ4n) is 1.49. The molecule has 1 aromatic rings. The minimum absolute atomic E-state index is 0.208. The molecule has 0 amide bonds. The van der Waals surface area contributed by atoms with E-state index in [1.807, 2.05) is 20.8 Å². The molecule has 23 heavy (non-hydrogen) atoms. The number of hydrogen-bond donors (Lipinski definition) is 1. The Hall–Kier alpha value is -0.540. The minimum atomic E-state index is -4.39. The van der Waals surface area contributed by atoms with E-state index in [9.17, 15) is 17.7 Å². The third-order valence-electron chi connectivity index (χ3n) is 2.78. The van der Waals surface area contributed by atoms with Gasteiger partial charge in [0.05, 0.1) is 23.4 Å². The lowest BCUT2D eigenvalue weighted by molar-refractivity contribution is -0.176. The first-order valence-corrected chi connectivity index (χ1v) is 8.40. The van der Waals surface area contributed by atoms with Crippen LogP contribution >= 0.6 is 11.6 Å². The molecular formula is C14H20ClF3N2O2S. The number of hydrogen-bond acceptors (Lipinski definition) is 4. The standard InChI is InChI=1S/C14H20ClF3N2O2S/c1-9(20-23(21)13(2,3)4)10-5-11(15)12(19-6-10)7-22-8-14(16,17)18/h5-6,9,20H,7-8H2,1-4H3. The molecular weight excluding hydrogens is 353 g/mol. The molecule has 0 aliphatic rings. The first kappa shape index (κ1) is 20.5. The number of pyridine rings is 1. The van der Waals surface area contributed by atoms with Gasteiger partial charge in [0.1, 0.15) is 11.4 Å². The number of halogens is 4. The minimum Gasteiger partial charge on any atom is -0.598 e. The second-order valence-corrected chi connectivity index (χ2v) is 8.43. The smallest absolute Gasteiger partial charge is 0.411 e. The lowest BCUT2D eigenvalue weighted by Crippen LogP contribution is -2.40. The average molecular weight is 373 g/mol. The molecule has 2 unspecified atom stereocenters. The van der Waals surface area contributed by atoms with Gasteiger partial charge in [-0.25, -0.2) is 0 Å². The van der Waals surface area contributed by atoms with Crippen LogP contribution in [0.3, 0.4) is 0 Å². The van der Waals surface area contributed by atoms with Crippen LogP contribution in [0, 0.1) is 0 Å². The number of ether oxygens (including phenoxy) is 1. The summed E-state index contributed by atoms with van der Waals surface area (Å²) in [5, 5.41) is 0.208. The van der Waals surface area contributed by atoms with E-state index in [0.717, 1.165) is 0 Å². The number of alkyl halides is 3. The molecule has 0 saturated carbocycles. The number of nitrogens with one attached hydrogen (secondary N) is 1. The van der Waals surface area contributed by atoms with Crippen LogP contribution in [-0.2, 0) is 22.7 Å². The van der Waals surface area contributed by atoms with Gasteiger partial charge in [-0.2, -0.15) is 13.2 Å². The highest BCUT2D eigenvalue weighted by atomic mass is 35.5. The SMILES string of the molecule is CC(N[S+]([O-])C(C)(C)C)c1cnc(COCC(F)(F)F)c(Cl)c1. The van der Waals surface area contributed by atoms with Crippen LogP contribution in [-0.4, -0.2) is 27.1 Å². The highest BCUT2D eigenvalue weighted by Gasteiger charge is 2.29. The zero-order chi connectivity index (χ0) is 17.8. The van der Waals surface area contributed by atoms with Crippen molar-refractivity contribution >= 4 is 23.0 Å². The molecule has 0 saturated heterocycles. The number of aromatic nitrogens is 1. The van der Waals surface area contributed by atoms with Crippen LogP contribution in [0.5, 0.6) is 0 Å². The van der Waals surface area contributed by atoms with E-state index in [1.165, 1.54) is 6.20 Å². The van der Waals surface area contributed by atoms with Gasteiger partial charge in [-0.15, -0.1) is 4.72 Å². The van der Waals surface area contributed by atoms with Crippen molar-refractivity contribution < 1.29 is 22.5 Å². The fraction of sp³-hybridized carbons (Fsp3) is 0.643. The molecule has 1 N–H and O–H groups in total. The average Bonchev–Trinajstić information content (AvgIpc) is 2.37. The fourth-order valence-corrected chi connectivity index (χ4v) is 2.53. The van der Waals surface area contributed by atoms with Crippen molar-refractivity contribution in [1.82, 2.24) is 9.71 Å². The molecule has 4 nitrogen and oxygen atoms in total. The van der Waals surface area contributed by atoms with Gasteiger partial charge in [0.25, 0.3) is 0 Å². The molecule has 9 heteroatoms. The van der Waals surface area contributed by atoms with Crippen molar-refractivity contribution in [1.29, 1.82) is 0 Å². The third-order valence-corrected chi connectivity index (χ3v) is 4.79. The Morgan fingerprint density at radius 2 is 2.00 bits per heavy atom.